The summed E-state index contributed by atoms with van der Waals surface area (Å²) in [5, 5.41) is 9.48. The van der Waals surface area contributed by atoms with Crippen molar-refractivity contribution >= 4 is 5.97 Å². The lowest BCUT2D eigenvalue weighted by molar-refractivity contribution is -0.152. The second-order valence-corrected chi connectivity index (χ2v) is 5.35. The molecule has 1 N–H and O–H groups in total. The molecule has 4 nitrogen and oxygen atoms in total. The first-order valence-electron chi connectivity index (χ1n) is 6.76. The highest BCUT2D eigenvalue weighted by Crippen LogP contribution is 2.39. The zero-order valence-corrected chi connectivity index (χ0v) is 10.5. The lowest BCUT2D eigenvalue weighted by Gasteiger charge is -2.36. The van der Waals surface area contributed by atoms with E-state index >= 15 is 0 Å². The Kier molecular flexibility index (Phi) is 4.40. The van der Waals surface area contributed by atoms with Crippen LogP contribution in [0.25, 0.3) is 0 Å². The first kappa shape index (κ1) is 12.8. The van der Waals surface area contributed by atoms with Gasteiger partial charge in [-0.3, -0.25) is 9.69 Å². The van der Waals surface area contributed by atoms with Crippen molar-refractivity contribution < 1.29 is 14.6 Å². The van der Waals surface area contributed by atoms with E-state index in [4.69, 9.17) is 4.74 Å². The fourth-order valence-electron chi connectivity index (χ4n) is 3.00. The number of hydrogen-bond donors (Lipinski definition) is 1. The van der Waals surface area contributed by atoms with Crippen LogP contribution in [0, 0.1) is 5.41 Å². The number of ether oxygens (including phenoxy) is 1. The lowest BCUT2D eigenvalue weighted by Crippen LogP contribution is -2.41. The van der Waals surface area contributed by atoms with E-state index < -0.39 is 11.4 Å². The summed E-state index contributed by atoms with van der Waals surface area (Å²) in [6.07, 6.45) is 5.90. The molecule has 1 aliphatic carbocycles. The highest BCUT2D eigenvalue weighted by molar-refractivity contribution is 5.74. The molecule has 1 saturated carbocycles. The third-order valence-electron chi connectivity index (χ3n) is 4.27. The van der Waals surface area contributed by atoms with Gasteiger partial charge in [0, 0.05) is 13.1 Å². The SMILES string of the molecule is O=C(O)C1(CCN2CCOCC2)CCCCC1. The standard InChI is InChI=1S/C13H23NO3/c15-12(16)13(4-2-1-3-5-13)6-7-14-8-10-17-11-9-14/h1-11H2,(H,15,16). The van der Waals surface area contributed by atoms with E-state index in [-0.39, 0.29) is 0 Å². The Morgan fingerprint density at radius 2 is 1.82 bits per heavy atom. The number of hydrogen-bond acceptors (Lipinski definition) is 3. The number of aliphatic carboxylic acids is 1. The van der Waals surface area contributed by atoms with Crippen molar-refractivity contribution in [3.63, 3.8) is 0 Å². The number of carbonyl (C=O) groups is 1. The van der Waals surface area contributed by atoms with Gasteiger partial charge in [-0.05, 0) is 25.8 Å². The average Bonchev–Trinajstić information content (AvgIpc) is 2.38. The van der Waals surface area contributed by atoms with Crippen molar-refractivity contribution in [3.05, 3.63) is 0 Å². The molecule has 0 aromatic heterocycles. The van der Waals surface area contributed by atoms with Gasteiger partial charge in [0.25, 0.3) is 0 Å². The predicted octanol–water partition coefficient (Wildman–Crippen LogP) is 1.74. The number of rotatable bonds is 4. The lowest BCUT2D eigenvalue weighted by atomic mass is 9.72. The van der Waals surface area contributed by atoms with Gasteiger partial charge in [0.15, 0.2) is 0 Å². The molecule has 1 heterocycles. The van der Waals surface area contributed by atoms with Crippen LogP contribution in [-0.4, -0.2) is 48.8 Å². The van der Waals surface area contributed by atoms with Crippen molar-refractivity contribution in [1.29, 1.82) is 0 Å². The first-order valence-corrected chi connectivity index (χ1v) is 6.76. The van der Waals surface area contributed by atoms with Gasteiger partial charge in [0.05, 0.1) is 18.6 Å². The van der Waals surface area contributed by atoms with Crippen LogP contribution in [0.15, 0.2) is 0 Å². The van der Waals surface area contributed by atoms with Crippen LogP contribution in [0.1, 0.15) is 38.5 Å². The topological polar surface area (TPSA) is 49.8 Å². The van der Waals surface area contributed by atoms with E-state index in [1.807, 2.05) is 0 Å². The number of carboxylic acid groups (broad SMARTS) is 1. The molecule has 2 aliphatic rings. The Balaban J connectivity index is 1.86. The fourth-order valence-corrected chi connectivity index (χ4v) is 3.00. The van der Waals surface area contributed by atoms with Gasteiger partial charge in [-0.2, -0.15) is 0 Å². The second kappa shape index (κ2) is 5.83. The quantitative estimate of drug-likeness (QED) is 0.814. The van der Waals surface area contributed by atoms with Crippen LogP contribution < -0.4 is 0 Å². The van der Waals surface area contributed by atoms with E-state index in [0.717, 1.165) is 65.0 Å². The van der Waals surface area contributed by atoms with E-state index in [0.29, 0.717) is 0 Å². The summed E-state index contributed by atoms with van der Waals surface area (Å²) in [7, 11) is 0. The Morgan fingerprint density at radius 3 is 2.41 bits per heavy atom. The molecule has 0 aromatic rings. The Hall–Kier alpha value is -0.610. The molecule has 0 bridgehead atoms. The van der Waals surface area contributed by atoms with E-state index in [2.05, 4.69) is 4.90 Å². The molecule has 2 rings (SSSR count). The van der Waals surface area contributed by atoms with Gasteiger partial charge < -0.3 is 9.84 Å². The smallest absolute Gasteiger partial charge is 0.309 e. The Bertz CT molecular complexity index is 255. The minimum Gasteiger partial charge on any atom is -0.481 e. The highest BCUT2D eigenvalue weighted by atomic mass is 16.5. The molecule has 1 aliphatic heterocycles. The summed E-state index contributed by atoms with van der Waals surface area (Å²) in [6, 6.07) is 0. The molecule has 0 aromatic carbocycles. The maximum atomic E-state index is 11.5. The fraction of sp³-hybridized carbons (Fsp3) is 0.923. The third kappa shape index (κ3) is 3.19. The molecule has 0 amide bonds. The summed E-state index contributed by atoms with van der Waals surface area (Å²) in [6.45, 7) is 4.40. The largest absolute Gasteiger partial charge is 0.481 e. The monoisotopic (exact) mass is 241 g/mol. The normalized spacial score (nSPS) is 25.6. The Morgan fingerprint density at radius 1 is 1.18 bits per heavy atom. The van der Waals surface area contributed by atoms with E-state index in [1.54, 1.807) is 0 Å². The highest BCUT2D eigenvalue weighted by Gasteiger charge is 2.39. The summed E-state index contributed by atoms with van der Waals surface area (Å²) < 4.78 is 5.31. The van der Waals surface area contributed by atoms with Crippen LogP contribution in [0.2, 0.25) is 0 Å². The van der Waals surface area contributed by atoms with Gasteiger partial charge in [0.2, 0.25) is 0 Å². The first-order chi connectivity index (χ1) is 8.23. The molecule has 98 valence electrons. The van der Waals surface area contributed by atoms with Crippen LogP contribution in [0.5, 0.6) is 0 Å². The minimum absolute atomic E-state index is 0.434. The number of nitrogens with zero attached hydrogens (tertiary/aromatic N) is 1. The van der Waals surface area contributed by atoms with Gasteiger partial charge in [-0.25, -0.2) is 0 Å². The summed E-state index contributed by atoms with van der Waals surface area (Å²) in [5.41, 5.74) is -0.434. The maximum absolute atomic E-state index is 11.5. The van der Waals surface area contributed by atoms with Gasteiger partial charge in [-0.1, -0.05) is 19.3 Å². The van der Waals surface area contributed by atoms with Crippen molar-refractivity contribution in [3.8, 4) is 0 Å². The van der Waals surface area contributed by atoms with Crippen LogP contribution in [0.3, 0.4) is 0 Å². The van der Waals surface area contributed by atoms with E-state index in [1.165, 1.54) is 6.42 Å². The van der Waals surface area contributed by atoms with Crippen molar-refractivity contribution in [2.45, 2.75) is 38.5 Å². The summed E-state index contributed by atoms with van der Waals surface area (Å²) in [5.74, 6) is -0.578. The molecular formula is C13H23NO3. The second-order valence-electron chi connectivity index (χ2n) is 5.35. The Labute approximate surface area is 103 Å². The predicted molar refractivity (Wildman–Crippen MR) is 65.0 cm³/mol. The molecule has 17 heavy (non-hydrogen) atoms. The van der Waals surface area contributed by atoms with E-state index in [9.17, 15) is 9.90 Å². The van der Waals surface area contributed by atoms with Crippen molar-refractivity contribution in [2.75, 3.05) is 32.8 Å². The zero-order chi connectivity index (χ0) is 12.1. The zero-order valence-electron chi connectivity index (χ0n) is 10.5. The molecule has 4 heteroatoms. The van der Waals surface area contributed by atoms with Crippen LogP contribution in [-0.2, 0) is 9.53 Å². The molecule has 0 spiro atoms. The van der Waals surface area contributed by atoms with Crippen LogP contribution in [0.4, 0.5) is 0 Å². The third-order valence-corrected chi connectivity index (χ3v) is 4.27. The molecule has 1 saturated heterocycles. The maximum Gasteiger partial charge on any atom is 0.309 e. The van der Waals surface area contributed by atoms with Gasteiger partial charge in [0.1, 0.15) is 0 Å². The summed E-state index contributed by atoms with van der Waals surface area (Å²) in [4.78, 5) is 13.8. The molecule has 0 unspecified atom stereocenters. The average molecular weight is 241 g/mol. The minimum atomic E-state index is -0.578. The van der Waals surface area contributed by atoms with Gasteiger partial charge in [-0.15, -0.1) is 0 Å². The number of morpholine rings is 1. The van der Waals surface area contributed by atoms with Crippen LogP contribution >= 0.6 is 0 Å². The molecular weight excluding hydrogens is 218 g/mol. The number of carboxylic acids is 1. The van der Waals surface area contributed by atoms with Crippen molar-refractivity contribution in [2.24, 2.45) is 5.41 Å². The summed E-state index contributed by atoms with van der Waals surface area (Å²) >= 11 is 0. The molecule has 0 radical (unpaired) electrons. The van der Waals surface area contributed by atoms with Gasteiger partial charge >= 0.3 is 5.97 Å². The van der Waals surface area contributed by atoms with Crippen molar-refractivity contribution in [1.82, 2.24) is 4.90 Å². The molecule has 0 atom stereocenters. The molecule has 2 fully saturated rings.